The Labute approximate surface area is 191 Å². The number of carbonyl (C=O) groups excluding carboxylic acids is 3. The van der Waals surface area contributed by atoms with Gasteiger partial charge in [0.15, 0.2) is 0 Å². The number of Topliss-reactive ketones (excluding diaryl/α,β-unsaturated/α-hetero) is 2. The zero-order chi connectivity index (χ0) is 18.7. The zero-order valence-electron chi connectivity index (χ0n) is 14.5. The van der Waals surface area contributed by atoms with E-state index in [9.17, 15) is 19.5 Å². The van der Waals surface area contributed by atoms with E-state index >= 15 is 0 Å². The maximum absolute atomic E-state index is 11.5. The third-order valence-corrected chi connectivity index (χ3v) is 4.07. The quantitative estimate of drug-likeness (QED) is 0.365. The van der Waals surface area contributed by atoms with E-state index in [1.54, 1.807) is 24.3 Å². The van der Waals surface area contributed by atoms with Crippen LogP contribution in [-0.4, -0.2) is 33.6 Å². The summed E-state index contributed by atoms with van der Waals surface area (Å²) in [5.41, 5.74) is 5.94. The Kier molecular flexibility index (Phi) is 12.0. The molecule has 0 aliphatic heterocycles. The summed E-state index contributed by atoms with van der Waals surface area (Å²) in [6.07, 6.45) is 0. The standard InChI is InChI=1S/C10H4Cl2O2.C7H7NO3.Na.2H2O/c11-7-8(12)10(14)6-4-2-1-3-5(6)9(7)13;8-4-1-2-5(7(10)11)6(9)3-4;;;/h1-4H;1-3,9H,8H2,(H,10,11);;2*1H2/q;;+1;;/p-1. The van der Waals surface area contributed by atoms with Crippen molar-refractivity contribution < 1.29 is 65.1 Å². The number of nitrogens with two attached hydrogens (primary N) is 1. The minimum Gasteiger partial charge on any atom is -0.545 e. The van der Waals surface area contributed by atoms with Crippen LogP contribution in [0.4, 0.5) is 5.69 Å². The monoisotopic (exact) mass is 437 g/mol. The smallest absolute Gasteiger partial charge is 0.545 e. The number of phenols is 1. The third-order valence-electron chi connectivity index (χ3n) is 3.25. The molecule has 7 N–H and O–H groups in total. The van der Waals surface area contributed by atoms with Crippen LogP contribution < -0.4 is 40.4 Å². The van der Waals surface area contributed by atoms with Gasteiger partial charge in [-0.15, -0.1) is 0 Å². The SMILES string of the molecule is Nc1ccc(C(=O)[O-])c(O)c1.O.O.O=C1C(Cl)=C(Cl)C(=O)c2ccccc21.[Na+]. The summed E-state index contributed by atoms with van der Waals surface area (Å²) in [6, 6.07) is 10.2. The Morgan fingerprint density at radius 1 is 0.929 bits per heavy atom. The molecule has 0 radical (unpaired) electrons. The number of carbonyl (C=O) groups is 3. The Morgan fingerprint density at radius 3 is 1.71 bits per heavy atom. The van der Waals surface area contributed by atoms with E-state index in [1.807, 2.05) is 0 Å². The largest absolute Gasteiger partial charge is 1.00 e. The fourth-order valence-corrected chi connectivity index (χ4v) is 2.41. The summed E-state index contributed by atoms with van der Waals surface area (Å²) in [5.74, 6) is -2.58. The number of halogens is 2. The first-order valence-electron chi connectivity index (χ1n) is 6.77. The summed E-state index contributed by atoms with van der Waals surface area (Å²) in [6.45, 7) is 0. The van der Waals surface area contributed by atoms with Crippen LogP contribution in [-0.2, 0) is 0 Å². The van der Waals surface area contributed by atoms with Gasteiger partial charge in [-0.2, -0.15) is 0 Å². The fourth-order valence-electron chi connectivity index (χ4n) is 2.04. The van der Waals surface area contributed by atoms with Gasteiger partial charge in [0.2, 0.25) is 11.6 Å². The van der Waals surface area contributed by atoms with Crippen LogP contribution in [0.25, 0.3) is 0 Å². The number of aromatic hydroxyl groups is 1. The normalized spacial score (nSPS) is 11.6. The maximum atomic E-state index is 11.5. The van der Waals surface area contributed by atoms with Crippen molar-refractivity contribution >= 4 is 46.4 Å². The number of carboxylic acid groups (broad SMARTS) is 1. The van der Waals surface area contributed by atoms with E-state index in [1.165, 1.54) is 12.1 Å². The van der Waals surface area contributed by atoms with E-state index < -0.39 is 17.5 Å². The van der Waals surface area contributed by atoms with Crippen LogP contribution in [0, 0.1) is 0 Å². The molecule has 3 rings (SSSR count). The Hall–Kier alpha value is -1.91. The average molecular weight is 438 g/mol. The van der Waals surface area contributed by atoms with Gasteiger partial charge in [0.1, 0.15) is 15.8 Å². The van der Waals surface area contributed by atoms with Gasteiger partial charge in [-0.1, -0.05) is 47.5 Å². The maximum Gasteiger partial charge on any atom is 1.00 e. The molecule has 0 amide bonds. The van der Waals surface area contributed by atoms with E-state index in [0.29, 0.717) is 16.8 Å². The number of ketones is 2. The van der Waals surface area contributed by atoms with E-state index in [0.717, 1.165) is 6.07 Å². The van der Waals surface area contributed by atoms with Crippen molar-refractivity contribution in [3.05, 3.63) is 69.2 Å². The molecule has 1 aliphatic carbocycles. The van der Waals surface area contributed by atoms with Crippen molar-refractivity contribution in [1.82, 2.24) is 0 Å². The molecule has 0 saturated carbocycles. The first-order chi connectivity index (χ1) is 11.7. The summed E-state index contributed by atoms with van der Waals surface area (Å²) in [4.78, 5) is 33.3. The first-order valence-corrected chi connectivity index (χ1v) is 7.53. The second-order valence-corrected chi connectivity index (χ2v) is 5.65. The molecule has 0 heterocycles. The minimum atomic E-state index is -1.41. The van der Waals surface area contributed by atoms with Crippen LogP contribution in [0.15, 0.2) is 52.5 Å². The number of allylic oxidation sites excluding steroid dienone is 2. The molecule has 2 aromatic carbocycles. The van der Waals surface area contributed by atoms with Gasteiger partial charge in [-0.3, -0.25) is 9.59 Å². The summed E-state index contributed by atoms with van der Waals surface area (Å²) >= 11 is 11.2. The third kappa shape index (κ3) is 6.05. The average Bonchev–Trinajstić information content (AvgIpc) is 2.58. The molecule has 0 spiro atoms. The van der Waals surface area contributed by atoms with Crippen molar-refractivity contribution in [2.24, 2.45) is 0 Å². The molecule has 0 saturated heterocycles. The van der Waals surface area contributed by atoms with Crippen molar-refractivity contribution in [2.45, 2.75) is 0 Å². The number of rotatable bonds is 1. The Morgan fingerprint density at radius 2 is 1.36 bits per heavy atom. The van der Waals surface area contributed by atoms with Gasteiger partial charge in [0.25, 0.3) is 0 Å². The molecule has 11 heteroatoms. The van der Waals surface area contributed by atoms with Gasteiger partial charge < -0.3 is 31.7 Å². The summed E-state index contributed by atoms with van der Waals surface area (Å²) < 4.78 is 0. The van der Waals surface area contributed by atoms with E-state index in [2.05, 4.69) is 0 Å². The molecule has 0 fully saturated rings. The van der Waals surface area contributed by atoms with Gasteiger partial charge in [0, 0.05) is 28.4 Å². The number of benzene rings is 2. The Balaban J connectivity index is 0. The van der Waals surface area contributed by atoms with Crippen LogP contribution in [0.3, 0.4) is 0 Å². The van der Waals surface area contributed by atoms with Gasteiger partial charge in [-0.05, 0) is 12.1 Å². The number of aromatic carboxylic acids is 1. The Bertz CT molecular complexity index is 888. The molecule has 28 heavy (non-hydrogen) atoms. The number of anilines is 1. The number of fused-ring (bicyclic) bond motifs is 1. The molecule has 0 unspecified atom stereocenters. The van der Waals surface area contributed by atoms with Crippen LogP contribution >= 0.6 is 23.2 Å². The molecule has 0 bridgehead atoms. The van der Waals surface area contributed by atoms with Crippen molar-refractivity contribution in [2.75, 3.05) is 5.73 Å². The predicted molar refractivity (Wildman–Crippen MR) is 97.9 cm³/mol. The van der Waals surface area contributed by atoms with Gasteiger partial charge in [-0.25, -0.2) is 0 Å². The molecular weight excluding hydrogens is 424 g/mol. The number of hydrogen-bond donors (Lipinski definition) is 2. The van der Waals surface area contributed by atoms with Crippen molar-refractivity contribution in [3.8, 4) is 5.75 Å². The topological polar surface area (TPSA) is 184 Å². The number of carboxylic acids is 1. The predicted octanol–water partition coefficient (Wildman–Crippen LogP) is -2.55. The van der Waals surface area contributed by atoms with Crippen molar-refractivity contribution in [3.63, 3.8) is 0 Å². The van der Waals surface area contributed by atoms with Crippen LogP contribution in [0.1, 0.15) is 31.1 Å². The second kappa shape index (κ2) is 11.8. The zero-order valence-corrected chi connectivity index (χ0v) is 18.0. The first kappa shape index (κ1) is 28.3. The van der Waals surface area contributed by atoms with Gasteiger partial charge >= 0.3 is 29.6 Å². The molecule has 1 aliphatic rings. The summed E-state index contributed by atoms with van der Waals surface area (Å²) in [5, 5.41) is 18.8. The molecule has 144 valence electrons. The van der Waals surface area contributed by atoms with E-state index in [-0.39, 0.29) is 61.9 Å². The minimum absolute atomic E-state index is 0. The molecule has 2 aromatic rings. The molecule has 0 atom stereocenters. The molecule has 8 nitrogen and oxygen atoms in total. The number of nitrogen functional groups attached to an aromatic ring is 1. The fraction of sp³-hybridized carbons (Fsp3) is 0. The molecule has 0 aromatic heterocycles. The second-order valence-electron chi connectivity index (χ2n) is 4.90. The summed E-state index contributed by atoms with van der Waals surface area (Å²) in [7, 11) is 0. The van der Waals surface area contributed by atoms with Crippen molar-refractivity contribution in [1.29, 1.82) is 0 Å². The van der Waals surface area contributed by atoms with Crippen LogP contribution in [0.5, 0.6) is 5.75 Å². The van der Waals surface area contributed by atoms with Crippen LogP contribution in [0.2, 0.25) is 0 Å². The molecular formula is C17H14Cl2NNaO7. The number of hydrogen-bond acceptors (Lipinski definition) is 6. The van der Waals surface area contributed by atoms with E-state index in [4.69, 9.17) is 34.0 Å². The van der Waals surface area contributed by atoms with Gasteiger partial charge in [0.05, 0.1) is 5.97 Å².